The fourth-order valence-corrected chi connectivity index (χ4v) is 2.72. The minimum absolute atomic E-state index is 0.491. The molecule has 1 rings (SSSR count). The highest BCUT2D eigenvalue weighted by atomic mass is 32.2. The second-order valence-corrected chi connectivity index (χ2v) is 5.89. The lowest BCUT2D eigenvalue weighted by Gasteiger charge is -2.11. The number of nitrogens with two attached hydrogens (primary N) is 1. The fraction of sp³-hybridized carbons (Fsp3) is 0.455. The van der Waals surface area contributed by atoms with Gasteiger partial charge in [0.2, 0.25) is 10.0 Å². The van der Waals surface area contributed by atoms with Crippen LogP contribution in [0.2, 0.25) is 0 Å². The van der Waals surface area contributed by atoms with Gasteiger partial charge < -0.3 is 5.73 Å². The first-order valence-corrected chi connectivity index (χ1v) is 7.30. The van der Waals surface area contributed by atoms with Crippen molar-refractivity contribution in [3.8, 4) is 0 Å². The highest BCUT2D eigenvalue weighted by Gasteiger charge is 2.27. The third-order valence-electron chi connectivity index (χ3n) is 2.57. The van der Waals surface area contributed by atoms with Crippen molar-refractivity contribution in [1.82, 2.24) is 4.72 Å². The van der Waals surface area contributed by atoms with Gasteiger partial charge in [-0.3, -0.25) is 0 Å². The number of hydrogen-bond acceptors (Lipinski definition) is 3. The lowest BCUT2D eigenvalue weighted by Crippen LogP contribution is -2.27. The Balaban J connectivity index is 2.84. The Morgan fingerprint density at radius 1 is 1.19 bits per heavy atom. The van der Waals surface area contributed by atoms with Crippen LogP contribution < -0.4 is 10.5 Å². The van der Waals surface area contributed by atoms with Gasteiger partial charge >= 0.3 is 6.18 Å². The van der Waals surface area contributed by atoms with Crippen molar-refractivity contribution in [2.45, 2.75) is 30.5 Å². The fourth-order valence-electron chi connectivity index (χ4n) is 1.54. The van der Waals surface area contributed by atoms with Crippen LogP contribution in [0.25, 0.3) is 0 Å². The van der Waals surface area contributed by atoms with Crippen molar-refractivity contribution in [2.75, 3.05) is 6.54 Å². The van der Waals surface area contributed by atoms with Crippen molar-refractivity contribution in [2.24, 2.45) is 5.73 Å². The average molecular weight is 332 g/mol. The van der Waals surface area contributed by atoms with Gasteiger partial charge in [0.25, 0.3) is 0 Å². The van der Waals surface area contributed by atoms with Crippen molar-refractivity contribution in [3.63, 3.8) is 0 Å². The van der Waals surface area contributed by atoms with Crippen LogP contribution in [0.5, 0.6) is 0 Å². The summed E-state index contributed by atoms with van der Waals surface area (Å²) >= 11 is 0. The number of halogens is 5. The van der Waals surface area contributed by atoms with Crippen molar-refractivity contribution < 1.29 is 30.4 Å². The number of rotatable bonds is 6. The molecule has 1 aromatic rings. The molecule has 0 aromatic heterocycles. The van der Waals surface area contributed by atoms with Crippen LogP contribution in [0.15, 0.2) is 17.0 Å². The topological polar surface area (TPSA) is 72.2 Å². The molecule has 0 amide bonds. The lowest BCUT2D eigenvalue weighted by molar-refractivity contribution is -0.135. The zero-order chi connectivity index (χ0) is 16.3. The lowest BCUT2D eigenvalue weighted by atomic mass is 10.2. The van der Waals surface area contributed by atoms with E-state index in [0.717, 1.165) is 6.07 Å². The minimum atomic E-state index is -4.40. The average Bonchev–Trinajstić information content (AvgIpc) is 2.34. The SMILES string of the molecule is NCc1c(F)ccc(S(=O)(=O)NCCCC(F)(F)F)c1F. The van der Waals surface area contributed by atoms with Crippen LogP contribution in [0.1, 0.15) is 18.4 Å². The third-order valence-corrected chi connectivity index (χ3v) is 4.05. The number of sulfonamides is 1. The summed E-state index contributed by atoms with van der Waals surface area (Å²) in [7, 11) is -4.37. The first-order valence-electron chi connectivity index (χ1n) is 5.82. The standard InChI is InChI=1S/C11H13F5N2O2S/c12-8-2-3-9(10(13)7(8)6-17)21(19,20)18-5-1-4-11(14,15)16/h2-3,18H,1,4-6,17H2. The van der Waals surface area contributed by atoms with Gasteiger partial charge in [-0.15, -0.1) is 0 Å². The quantitative estimate of drug-likeness (QED) is 0.619. The molecule has 0 bridgehead atoms. The smallest absolute Gasteiger partial charge is 0.326 e. The Hall–Kier alpha value is -1.26. The monoisotopic (exact) mass is 332 g/mol. The molecule has 0 heterocycles. The van der Waals surface area contributed by atoms with E-state index in [1.807, 2.05) is 4.72 Å². The Labute approximate surface area is 118 Å². The molecule has 0 radical (unpaired) electrons. The Morgan fingerprint density at radius 2 is 1.81 bits per heavy atom. The first-order chi connectivity index (χ1) is 9.58. The largest absolute Gasteiger partial charge is 0.389 e. The van der Waals surface area contributed by atoms with Crippen molar-refractivity contribution in [1.29, 1.82) is 0 Å². The summed E-state index contributed by atoms with van der Waals surface area (Å²) in [6, 6.07) is 1.42. The van der Waals surface area contributed by atoms with E-state index in [2.05, 4.69) is 0 Å². The van der Waals surface area contributed by atoms with E-state index >= 15 is 0 Å². The summed E-state index contributed by atoms with van der Waals surface area (Å²) in [5, 5.41) is 0. The summed E-state index contributed by atoms with van der Waals surface area (Å²) in [6.07, 6.45) is -6.07. The molecule has 10 heteroatoms. The highest BCUT2D eigenvalue weighted by Crippen LogP contribution is 2.22. The molecule has 1 aromatic carbocycles. The number of nitrogens with one attached hydrogen (secondary N) is 1. The number of alkyl halides is 3. The predicted molar refractivity (Wildman–Crippen MR) is 64.7 cm³/mol. The first kappa shape index (κ1) is 17.8. The zero-order valence-electron chi connectivity index (χ0n) is 10.7. The van der Waals surface area contributed by atoms with Crippen molar-refractivity contribution in [3.05, 3.63) is 29.3 Å². The Bertz CT molecular complexity index is 601. The van der Waals surface area contributed by atoms with Gasteiger partial charge in [-0.2, -0.15) is 13.2 Å². The summed E-state index contributed by atoms with van der Waals surface area (Å²) in [5.74, 6) is -2.34. The molecule has 0 aliphatic carbocycles. The summed E-state index contributed by atoms with van der Waals surface area (Å²) in [5.41, 5.74) is 4.51. The Morgan fingerprint density at radius 3 is 2.33 bits per heavy atom. The normalized spacial score (nSPS) is 12.7. The van der Waals surface area contributed by atoms with E-state index in [1.54, 1.807) is 0 Å². The molecule has 21 heavy (non-hydrogen) atoms. The van der Waals surface area contributed by atoms with E-state index < -0.39 is 64.2 Å². The number of benzene rings is 1. The Kier molecular flexibility index (Phi) is 5.65. The molecule has 3 N–H and O–H groups in total. The van der Waals surface area contributed by atoms with E-state index in [9.17, 15) is 30.4 Å². The summed E-state index contributed by atoms with van der Waals surface area (Å²) in [6.45, 7) is -1.06. The molecule has 0 spiro atoms. The van der Waals surface area contributed by atoms with Crippen LogP contribution >= 0.6 is 0 Å². The molecule has 0 aliphatic rings. The van der Waals surface area contributed by atoms with Crippen LogP contribution in [0.3, 0.4) is 0 Å². The molecule has 0 saturated carbocycles. The predicted octanol–water partition coefficient (Wildman–Crippen LogP) is 2.04. The molecule has 120 valence electrons. The second kappa shape index (κ2) is 6.67. The van der Waals surface area contributed by atoms with E-state index in [4.69, 9.17) is 5.73 Å². The second-order valence-electron chi connectivity index (χ2n) is 4.16. The van der Waals surface area contributed by atoms with Gasteiger partial charge in [0.15, 0.2) is 5.82 Å². The maximum absolute atomic E-state index is 13.8. The molecular weight excluding hydrogens is 319 g/mol. The zero-order valence-corrected chi connectivity index (χ0v) is 11.5. The molecule has 4 nitrogen and oxygen atoms in total. The maximum atomic E-state index is 13.8. The molecule has 0 fully saturated rings. The van der Waals surface area contributed by atoms with Crippen LogP contribution in [0, 0.1) is 11.6 Å². The van der Waals surface area contributed by atoms with Crippen LogP contribution in [-0.4, -0.2) is 21.1 Å². The van der Waals surface area contributed by atoms with Gasteiger partial charge in [0, 0.05) is 25.1 Å². The van der Waals surface area contributed by atoms with E-state index in [0.29, 0.717) is 6.07 Å². The van der Waals surface area contributed by atoms with E-state index in [1.165, 1.54) is 0 Å². The van der Waals surface area contributed by atoms with E-state index in [-0.39, 0.29) is 0 Å². The molecule has 0 atom stereocenters. The third kappa shape index (κ3) is 4.90. The maximum Gasteiger partial charge on any atom is 0.389 e. The van der Waals surface area contributed by atoms with Crippen molar-refractivity contribution >= 4 is 10.0 Å². The summed E-state index contributed by atoms with van der Waals surface area (Å²) < 4.78 is 88.1. The van der Waals surface area contributed by atoms with Gasteiger partial charge in [-0.25, -0.2) is 21.9 Å². The number of hydrogen-bond donors (Lipinski definition) is 2. The molecule has 0 unspecified atom stereocenters. The highest BCUT2D eigenvalue weighted by molar-refractivity contribution is 7.89. The van der Waals surface area contributed by atoms with Gasteiger partial charge in [-0.1, -0.05) is 0 Å². The van der Waals surface area contributed by atoms with Crippen LogP contribution in [-0.2, 0) is 16.6 Å². The van der Waals surface area contributed by atoms with Gasteiger partial charge in [0.05, 0.1) is 0 Å². The molecular formula is C11H13F5N2O2S. The van der Waals surface area contributed by atoms with Gasteiger partial charge in [0.1, 0.15) is 10.7 Å². The molecule has 0 aliphatic heterocycles. The summed E-state index contributed by atoms with van der Waals surface area (Å²) in [4.78, 5) is -0.851. The molecule has 0 saturated heterocycles. The minimum Gasteiger partial charge on any atom is -0.326 e. The van der Waals surface area contributed by atoms with Crippen LogP contribution in [0.4, 0.5) is 22.0 Å². The van der Waals surface area contributed by atoms with Gasteiger partial charge in [-0.05, 0) is 18.6 Å².